The third-order valence-corrected chi connectivity index (χ3v) is 6.41. The highest BCUT2D eigenvalue weighted by Crippen LogP contribution is 2.34. The van der Waals surface area contributed by atoms with Crippen LogP contribution in [0.3, 0.4) is 0 Å². The maximum atomic E-state index is 13.2. The molecule has 37 heavy (non-hydrogen) atoms. The normalized spacial score (nSPS) is 11.2. The molecule has 10 heteroatoms. The van der Waals surface area contributed by atoms with E-state index in [-0.39, 0.29) is 18.1 Å². The Morgan fingerprint density at radius 2 is 1.86 bits per heavy atom. The maximum absolute atomic E-state index is 13.2. The fourth-order valence-corrected chi connectivity index (χ4v) is 4.44. The summed E-state index contributed by atoms with van der Waals surface area (Å²) in [4.78, 5) is 30.4. The van der Waals surface area contributed by atoms with Crippen molar-refractivity contribution < 1.29 is 14.3 Å². The van der Waals surface area contributed by atoms with Gasteiger partial charge in [-0.3, -0.25) is 9.59 Å². The zero-order valence-corrected chi connectivity index (χ0v) is 23.6. The standard InChI is InChI=1S/C27H24Br2N4O4/c1-4-24-32-22-10-7-18(28)12-21(22)27(35)33(24)30-14-17-11-19(29)13-23(36-3)26(17)37-15-25(34)31-20-8-5-16(2)6-9-20/h5-14H,4,15H2,1-3H3,(H,31,34). The lowest BCUT2D eigenvalue weighted by atomic mass is 10.2. The lowest BCUT2D eigenvalue weighted by Gasteiger charge is -2.14. The molecule has 0 atom stereocenters. The number of benzene rings is 3. The van der Waals surface area contributed by atoms with Crippen molar-refractivity contribution in [2.24, 2.45) is 5.10 Å². The Morgan fingerprint density at radius 3 is 2.57 bits per heavy atom. The molecule has 1 amide bonds. The van der Waals surface area contributed by atoms with Gasteiger partial charge >= 0.3 is 0 Å². The topological polar surface area (TPSA) is 94.8 Å². The van der Waals surface area contributed by atoms with Crippen LogP contribution in [0.4, 0.5) is 5.69 Å². The molecule has 0 fully saturated rings. The van der Waals surface area contributed by atoms with Crippen molar-refractivity contribution >= 4 is 60.6 Å². The molecule has 0 radical (unpaired) electrons. The number of anilines is 1. The van der Waals surface area contributed by atoms with Gasteiger partial charge in [-0.25, -0.2) is 4.98 Å². The fourth-order valence-electron chi connectivity index (χ4n) is 3.63. The van der Waals surface area contributed by atoms with E-state index >= 15 is 0 Å². The summed E-state index contributed by atoms with van der Waals surface area (Å²) in [5, 5.41) is 7.70. The van der Waals surface area contributed by atoms with Crippen molar-refractivity contribution in [3.8, 4) is 11.5 Å². The first-order chi connectivity index (χ1) is 17.8. The van der Waals surface area contributed by atoms with E-state index in [1.807, 2.05) is 44.2 Å². The van der Waals surface area contributed by atoms with E-state index in [0.717, 1.165) is 10.0 Å². The average Bonchev–Trinajstić information content (AvgIpc) is 2.88. The zero-order chi connectivity index (χ0) is 26.5. The van der Waals surface area contributed by atoms with Gasteiger partial charge in [-0.15, -0.1) is 0 Å². The molecule has 4 aromatic rings. The highest BCUT2D eigenvalue weighted by Gasteiger charge is 2.15. The largest absolute Gasteiger partial charge is 0.493 e. The fraction of sp³-hybridized carbons (Fsp3) is 0.185. The molecule has 1 heterocycles. The van der Waals surface area contributed by atoms with Crippen LogP contribution in [0.25, 0.3) is 10.9 Å². The van der Waals surface area contributed by atoms with Crippen molar-refractivity contribution in [2.45, 2.75) is 20.3 Å². The summed E-state index contributed by atoms with van der Waals surface area (Å²) < 4.78 is 14.1. The van der Waals surface area contributed by atoms with Gasteiger partial charge in [0, 0.05) is 26.6 Å². The Morgan fingerprint density at radius 1 is 1.11 bits per heavy atom. The van der Waals surface area contributed by atoms with Gasteiger partial charge in [0.1, 0.15) is 5.82 Å². The molecule has 0 unspecified atom stereocenters. The second-order valence-electron chi connectivity index (χ2n) is 8.13. The number of aromatic nitrogens is 2. The number of rotatable bonds is 8. The number of fused-ring (bicyclic) bond motifs is 1. The monoisotopic (exact) mass is 626 g/mol. The highest BCUT2D eigenvalue weighted by molar-refractivity contribution is 9.10. The van der Waals surface area contributed by atoms with Crippen LogP contribution in [-0.4, -0.2) is 35.5 Å². The first kappa shape index (κ1) is 26.6. The Hall–Kier alpha value is -3.50. The Labute approximate surface area is 230 Å². The van der Waals surface area contributed by atoms with Gasteiger partial charge in [-0.1, -0.05) is 56.5 Å². The van der Waals surface area contributed by atoms with Crippen LogP contribution in [-0.2, 0) is 11.2 Å². The number of carbonyl (C=O) groups excluding carboxylic acids is 1. The minimum atomic E-state index is -0.328. The molecule has 8 nitrogen and oxygen atoms in total. The van der Waals surface area contributed by atoms with Gasteiger partial charge in [0.05, 0.1) is 24.2 Å². The molecular formula is C27H24Br2N4O4. The van der Waals surface area contributed by atoms with Crippen molar-refractivity contribution in [1.82, 2.24) is 9.66 Å². The zero-order valence-electron chi connectivity index (χ0n) is 20.4. The third kappa shape index (κ3) is 6.26. The molecule has 1 aromatic heterocycles. The van der Waals surface area contributed by atoms with Gasteiger partial charge in [0.2, 0.25) is 0 Å². The number of nitrogens with zero attached hydrogens (tertiary/aromatic N) is 3. The first-order valence-electron chi connectivity index (χ1n) is 11.4. The number of hydrogen-bond acceptors (Lipinski definition) is 6. The van der Waals surface area contributed by atoms with Gasteiger partial charge in [-0.2, -0.15) is 9.78 Å². The summed E-state index contributed by atoms with van der Waals surface area (Å²) in [6.07, 6.45) is 2.00. The van der Waals surface area contributed by atoms with Crippen molar-refractivity contribution in [3.63, 3.8) is 0 Å². The SMILES string of the molecule is CCc1nc2ccc(Br)cc2c(=O)n1N=Cc1cc(Br)cc(OC)c1OCC(=O)Nc1ccc(C)cc1. The minimum Gasteiger partial charge on any atom is -0.493 e. The summed E-state index contributed by atoms with van der Waals surface area (Å²) in [6, 6.07) is 16.3. The number of nitrogens with one attached hydrogen (secondary N) is 1. The van der Waals surface area contributed by atoms with Crippen LogP contribution in [0.15, 0.2) is 73.4 Å². The van der Waals surface area contributed by atoms with E-state index < -0.39 is 0 Å². The number of halogens is 2. The van der Waals surface area contributed by atoms with Gasteiger partial charge < -0.3 is 14.8 Å². The molecule has 0 aliphatic heterocycles. The first-order valence-corrected chi connectivity index (χ1v) is 13.0. The van der Waals surface area contributed by atoms with Crippen LogP contribution >= 0.6 is 31.9 Å². The van der Waals surface area contributed by atoms with Crippen LogP contribution in [0.1, 0.15) is 23.9 Å². The van der Waals surface area contributed by atoms with Crippen LogP contribution in [0.2, 0.25) is 0 Å². The van der Waals surface area contributed by atoms with E-state index in [1.165, 1.54) is 18.0 Å². The second-order valence-corrected chi connectivity index (χ2v) is 9.97. The number of hydrogen-bond donors (Lipinski definition) is 1. The molecule has 0 aliphatic rings. The molecule has 190 valence electrons. The molecular weight excluding hydrogens is 604 g/mol. The summed E-state index contributed by atoms with van der Waals surface area (Å²) in [5.74, 6) is 0.905. The van der Waals surface area contributed by atoms with E-state index in [9.17, 15) is 9.59 Å². The van der Waals surface area contributed by atoms with Crippen molar-refractivity contribution in [2.75, 3.05) is 19.0 Å². The minimum absolute atomic E-state index is 0.252. The van der Waals surface area contributed by atoms with E-state index in [2.05, 4.69) is 47.3 Å². The number of carbonyl (C=O) groups is 1. The average molecular weight is 628 g/mol. The second kappa shape index (κ2) is 11.7. The maximum Gasteiger partial charge on any atom is 0.282 e. The Kier molecular flexibility index (Phi) is 8.40. The summed E-state index contributed by atoms with van der Waals surface area (Å²) >= 11 is 6.87. The molecule has 0 aliphatic carbocycles. The highest BCUT2D eigenvalue weighted by atomic mass is 79.9. The van der Waals surface area contributed by atoms with Crippen molar-refractivity contribution in [3.05, 3.63) is 90.8 Å². The summed E-state index contributed by atoms with van der Waals surface area (Å²) in [7, 11) is 1.51. The predicted octanol–water partition coefficient (Wildman–Crippen LogP) is 5.70. The molecule has 0 saturated carbocycles. The van der Waals surface area contributed by atoms with Crippen LogP contribution in [0, 0.1) is 6.92 Å². The van der Waals surface area contributed by atoms with Gasteiger partial charge in [-0.05, 0) is 49.4 Å². The number of amides is 1. The molecule has 1 N–H and O–H groups in total. The Balaban J connectivity index is 1.66. The van der Waals surface area contributed by atoms with E-state index in [1.54, 1.807) is 24.3 Å². The predicted molar refractivity (Wildman–Crippen MR) is 152 cm³/mol. The molecule has 0 saturated heterocycles. The third-order valence-electron chi connectivity index (χ3n) is 5.46. The summed E-state index contributed by atoms with van der Waals surface area (Å²) in [6.45, 7) is 3.63. The Bertz CT molecular complexity index is 1550. The number of aryl methyl sites for hydroxylation is 2. The lowest BCUT2D eigenvalue weighted by Crippen LogP contribution is -2.22. The molecule has 0 spiro atoms. The number of ether oxygens (including phenoxy) is 2. The van der Waals surface area contributed by atoms with Gasteiger partial charge in [0.25, 0.3) is 11.5 Å². The van der Waals surface area contributed by atoms with E-state index in [0.29, 0.717) is 50.4 Å². The molecule has 3 aromatic carbocycles. The van der Waals surface area contributed by atoms with Gasteiger partial charge in [0.15, 0.2) is 18.1 Å². The molecule has 4 rings (SSSR count). The van der Waals surface area contributed by atoms with Crippen molar-refractivity contribution in [1.29, 1.82) is 0 Å². The number of methoxy groups -OCH3 is 1. The van der Waals surface area contributed by atoms with Crippen LogP contribution in [0.5, 0.6) is 11.5 Å². The summed E-state index contributed by atoms with van der Waals surface area (Å²) in [5.41, 5.74) is 2.59. The van der Waals surface area contributed by atoms with E-state index in [4.69, 9.17) is 9.47 Å². The molecule has 0 bridgehead atoms. The smallest absolute Gasteiger partial charge is 0.282 e. The van der Waals surface area contributed by atoms with Crippen LogP contribution < -0.4 is 20.3 Å². The quantitative estimate of drug-likeness (QED) is 0.253. The lowest BCUT2D eigenvalue weighted by molar-refractivity contribution is -0.118.